The molecule has 0 aromatic rings. The highest BCUT2D eigenvalue weighted by atomic mass is 32.2. The van der Waals surface area contributed by atoms with Gasteiger partial charge in [0.1, 0.15) is 4.75 Å². The Bertz CT molecular complexity index is 226. The van der Waals surface area contributed by atoms with Gasteiger partial charge in [-0.1, -0.05) is 0 Å². The Kier molecular flexibility index (Phi) is 4.12. The molecule has 0 aromatic heterocycles. The van der Waals surface area contributed by atoms with Crippen LogP contribution in [0.4, 0.5) is 0 Å². The second-order valence-corrected chi connectivity index (χ2v) is 4.91. The summed E-state index contributed by atoms with van der Waals surface area (Å²) in [5, 5.41) is 8.77. The summed E-state index contributed by atoms with van der Waals surface area (Å²) < 4.78 is 28.8. The molecule has 0 amide bonds. The first-order valence-corrected chi connectivity index (χ1v) is 5.09. The second-order valence-electron chi connectivity index (χ2n) is 2.98. The van der Waals surface area contributed by atoms with Crippen LogP contribution in [-0.2, 0) is 10.1 Å². The van der Waals surface area contributed by atoms with E-state index in [1.807, 2.05) is 0 Å². The number of hydrogen-bond donors (Lipinski definition) is 3. The van der Waals surface area contributed by atoms with E-state index >= 15 is 0 Å². The van der Waals surface area contributed by atoms with Crippen LogP contribution in [0.25, 0.3) is 0 Å². The summed E-state index contributed by atoms with van der Waals surface area (Å²) >= 11 is 0. The molecule has 74 valence electrons. The monoisotopic (exact) mass is 197 g/mol. The Hall–Kier alpha value is -0.170. The minimum Gasteiger partial charge on any atom is -0.395 e. The average molecular weight is 197 g/mol. The zero-order valence-electron chi connectivity index (χ0n) is 7.02. The Balaban J connectivity index is 4.47. The molecule has 5 nitrogen and oxygen atoms in total. The van der Waals surface area contributed by atoms with E-state index in [4.69, 9.17) is 15.4 Å². The lowest BCUT2D eigenvalue weighted by Gasteiger charge is -2.22. The fraction of sp³-hybridized carbons (Fsp3) is 1.00. The summed E-state index contributed by atoms with van der Waals surface area (Å²) in [6, 6.07) is 0. The van der Waals surface area contributed by atoms with E-state index in [-0.39, 0.29) is 6.42 Å². The van der Waals surface area contributed by atoms with Gasteiger partial charge in [0.15, 0.2) is 0 Å². The topological polar surface area (TPSA) is 101 Å². The zero-order chi connectivity index (χ0) is 9.83. The lowest BCUT2D eigenvalue weighted by atomic mass is 10.1. The van der Waals surface area contributed by atoms with Crippen molar-refractivity contribution in [2.45, 2.75) is 24.5 Å². The number of aliphatic hydroxyl groups is 1. The molecule has 0 radical (unpaired) electrons. The third-order valence-electron chi connectivity index (χ3n) is 1.87. The van der Waals surface area contributed by atoms with Crippen LogP contribution in [0.1, 0.15) is 19.8 Å². The van der Waals surface area contributed by atoms with Gasteiger partial charge >= 0.3 is 0 Å². The van der Waals surface area contributed by atoms with Gasteiger partial charge in [0, 0.05) is 0 Å². The third kappa shape index (κ3) is 2.71. The van der Waals surface area contributed by atoms with Gasteiger partial charge in [-0.15, -0.1) is 0 Å². The fourth-order valence-corrected chi connectivity index (χ4v) is 1.33. The van der Waals surface area contributed by atoms with E-state index in [2.05, 4.69) is 0 Å². The summed E-state index contributed by atoms with van der Waals surface area (Å²) in [5.74, 6) is 0. The van der Waals surface area contributed by atoms with Crippen LogP contribution in [-0.4, -0.2) is 36.0 Å². The Morgan fingerprint density at radius 1 is 1.50 bits per heavy atom. The molecule has 6 heteroatoms. The molecule has 12 heavy (non-hydrogen) atoms. The first-order valence-electron chi connectivity index (χ1n) is 3.65. The fourth-order valence-electron chi connectivity index (χ4n) is 0.766. The highest BCUT2D eigenvalue weighted by Gasteiger charge is 2.36. The third-order valence-corrected chi connectivity index (χ3v) is 3.45. The Labute approximate surface area is 72.3 Å². The molecule has 0 spiro atoms. The van der Waals surface area contributed by atoms with E-state index in [1.165, 1.54) is 6.92 Å². The molecule has 0 saturated heterocycles. The normalized spacial score (nSPS) is 17.3. The van der Waals surface area contributed by atoms with Crippen LogP contribution in [0.3, 0.4) is 0 Å². The highest BCUT2D eigenvalue weighted by Crippen LogP contribution is 2.20. The summed E-state index contributed by atoms with van der Waals surface area (Å²) in [4.78, 5) is 0. The van der Waals surface area contributed by atoms with Crippen molar-refractivity contribution in [2.75, 3.05) is 13.2 Å². The van der Waals surface area contributed by atoms with Crippen LogP contribution in [0.2, 0.25) is 0 Å². The van der Waals surface area contributed by atoms with Gasteiger partial charge < -0.3 is 10.8 Å². The molecule has 0 aromatic carbocycles. The van der Waals surface area contributed by atoms with E-state index in [1.54, 1.807) is 0 Å². The molecule has 1 atom stereocenters. The lowest BCUT2D eigenvalue weighted by Crippen LogP contribution is -2.39. The molecule has 0 bridgehead atoms. The smallest absolute Gasteiger partial charge is 0.272 e. The summed E-state index contributed by atoms with van der Waals surface area (Å²) in [7, 11) is -4.19. The summed E-state index contributed by atoms with van der Waals surface area (Å²) in [6.45, 7) is 1.04. The van der Waals surface area contributed by atoms with Crippen molar-refractivity contribution in [3.63, 3.8) is 0 Å². The Morgan fingerprint density at radius 2 is 2.00 bits per heavy atom. The maximum atomic E-state index is 10.7. The van der Waals surface area contributed by atoms with E-state index in [9.17, 15) is 8.42 Å². The molecule has 0 saturated carbocycles. The van der Waals surface area contributed by atoms with Crippen molar-refractivity contribution in [1.82, 2.24) is 0 Å². The minimum absolute atomic E-state index is 0.166. The van der Waals surface area contributed by atoms with Crippen LogP contribution in [0, 0.1) is 0 Å². The maximum absolute atomic E-state index is 10.7. The van der Waals surface area contributed by atoms with E-state index in [0.29, 0.717) is 13.0 Å². The summed E-state index contributed by atoms with van der Waals surface area (Å²) in [5.41, 5.74) is 5.18. The van der Waals surface area contributed by atoms with Gasteiger partial charge in [0.25, 0.3) is 10.1 Å². The van der Waals surface area contributed by atoms with Crippen molar-refractivity contribution >= 4 is 10.1 Å². The van der Waals surface area contributed by atoms with Gasteiger partial charge in [0.05, 0.1) is 6.61 Å². The van der Waals surface area contributed by atoms with Crippen molar-refractivity contribution in [1.29, 1.82) is 0 Å². The van der Waals surface area contributed by atoms with E-state index < -0.39 is 21.5 Å². The van der Waals surface area contributed by atoms with Crippen LogP contribution < -0.4 is 5.73 Å². The molecule has 0 rings (SSSR count). The predicted molar refractivity (Wildman–Crippen MR) is 45.3 cm³/mol. The molecule has 0 fully saturated rings. The van der Waals surface area contributed by atoms with Crippen molar-refractivity contribution < 1.29 is 18.1 Å². The predicted octanol–water partition coefficient (Wildman–Crippen LogP) is -0.636. The Morgan fingerprint density at radius 3 is 2.25 bits per heavy atom. The molecule has 0 heterocycles. The molecule has 0 aliphatic rings. The molecule has 4 N–H and O–H groups in total. The van der Waals surface area contributed by atoms with Gasteiger partial charge in [-0.05, 0) is 26.3 Å². The number of rotatable bonds is 5. The first kappa shape index (κ1) is 11.8. The van der Waals surface area contributed by atoms with Crippen molar-refractivity contribution in [3.05, 3.63) is 0 Å². The van der Waals surface area contributed by atoms with Gasteiger partial charge in [0.2, 0.25) is 0 Å². The molecule has 0 aliphatic heterocycles. The van der Waals surface area contributed by atoms with Gasteiger partial charge in [-0.2, -0.15) is 8.42 Å². The lowest BCUT2D eigenvalue weighted by molar-refractivity contribution is 0.232. The largest absolute Gasteiger partial charge is 0.395 e. The summed E-state index contributed by atoms with van der Waals surface area (Å²) in [6.07, 6.45) is 0.621. The molecule has 0 aliphatic carbocycles. The number of nitrogens with two attached hydrogens (primary N) is 1. The quantitative estimate of drug-likeness (QED) is 0.509. The molecular weight excluding hydrogens is 182 g/mol. The van der Waals surface area contributed by atoms with Gasteiger partial charge in [-0.25, -0.2) is 0 Å². The average Bonchev–Trinajstić information content (AvgIpc) is 1.98. The number of aliphatic hydroxyl groups excluding tert-OH is 1. The standard InChI is InChI=1S/C6H15NO4S/c1-6(5-8,3-2-4-7)12(9,10)11/h8H,2-5,7H2,1H3,(H,9,10,11). The number of hydrogen-bond acceptors (Lipinski definition) is 4. The maximum Gasteiger partial charge on any atom is 0.272 e. The van der Waals surface area contributed by atoms with Crippen molar-refractivity contribution in [3.8, 4) is 0 Å². The minimum atomic E-state index is -4.19. The van der Waals surface area contributed by atoms with Crippen LogP contribution >= 0.6 is 0 Å². The SMILES string of the molecule is CC(CO)(CCCN)S(=O)(=O)O. The van der Waals surface area contributed by atoms with Crippen LogP contribution in [0.15, 0.2) is 0 Å². The van der Waals surface area contributed by atoms with Crippen LogP contribution in [0.5, 0.6) is 0 Å². The zero-order valence-corrected chi connectivity index (χ0v) is 7.84. The van der Waals surface area contributed by atoms with Gasteiger partial charge in [-0.3, -0.25) is 4.55 Å². The molecular formula is C6H15NO4S. The molecule has 1 unspecified atom stereocenters. The van der Waals surface area contributed by atoms with Crippen molar-refractivity contribution in [2.24, 2.45) is 5.73 Å². The highest BCUT2D eigenvalue weighted by molar-refractivity contribution is 7.87. The first-order chi connectivity index (χ1) is 5.37. The second kappa shape index (κ2) is 4.18. The van der Waals surface area contributed by atoms with E-state index in [0.717, 1.165) is 0 Å².